The lowest BCUT2D eigenvalue weighted by molar-refractivity contribution is -0.143. The first kappa shape index (κ1) is 10.3. The fourth-order valence-electron chi connectivity index (χ4n) is 0.932. The van der Waals surface area contributed by atoms with E-state index in [-0.39, 0.29) is 11.5 Å². The Morgan fingerprint density at radius 2 is 2.14 bits per heavy atom. The topological polar surface area (TPSA) is 69.2 Å². The zero-order chi connectivity index (χ0) is 10.6. The molecule has 1 aromatic rings. The Morgan fingerprint density at radius 3 is 2.64 bits per heavy atom. The smallest absolute Gasteiger partial charge is 0.316 e. The van der Waals surface area contributed by atoms with Crippen molar-refractivity contribution in [3.05, 3.63) is 24.3 Å². The van der Waals surface area contributed by atoms with Gasteiger partial charge in [-0.05, 0) is 6.92 Å². The third-order valence-corrected chi connectivity index (χ3v) is 1.76. The molecule has 0 aliphatic heterocycles. The third kappa shape index (κ3) is 2.12. The fourth-order valence-corrected chi connectivity index (χ4v) is 0.932. The van der Waals surface area contributed by atoms with Crippen molar-refractivity contribution in [2.24, 2.45) is 5.92 Å². The Bertz CT molecular complexity index is 337. The van der Waals surface area contributed by atoms with Crippen LogP contribution >= 0.6 is 0 Å². The monoisotopic (exact) mass is 194 g/mol. The largest absolute Gasteiger partial charge is 0.468 e. The molecule has 0 fully saturated rings. The first-order chi connectivity index (χ1) is 6.66. The molecule has 0 amide bonds. The zero-order valence-electron chi connectivity index (χ0n) is 7.93. The molecular formula is C9H10N2O3. The molecule has 1 heterocycles. The summed E-state index contributed by atoms with van der Waals surface area (Å²) in [5, 5.41) is 0. The predicted molar refractivity (Wildman–Crippen MR) is 47.5 cm³/mol. The number of aromatic nitrogens is 2. The summed E-state index contributed by atoms with van der Waals surface area (Å²) >= 11 is 0. The zero-order valence-corrected chi connectivity index (χ0v) is 7.93. The van der Waals surface area contributed by atoms with Gasteiger partial charge in [-0.3, -0.25) is 14.6 Å². The van der Waals surface area contributed by atoms with Gasteiger partial charge >= 0.3 is 5.97 Å². The quantitative estimate of drug-likeness (QED) is 0.397. The van der Waals surface area contributed by atoms with Crippen LogP contribution < -0.4 is 0 Å². The highest BCUT2D eigenvalue weighted by molar-refractivity contribution is 6.07. The molecule has 0 radical (unpaired) electrons. The molecule has 5 heteroatoms. The van der Waals surface area contributed by atoms with E-state index < -0.39 is 11.9 Å². The molecule has 1 rings (SSSR count). The van der Waals surface area contributed by atoms with Gasteiger partial charge in [0.15, 0.2) is 5.78 Å². The molecule has 1 atom stereocenters. The van der Waals surface area contributed by atoms with Gasteiger partial charge in [0.05, 0.1) is 13.3 Å². The summed E-state index contributed by atoms with van der Waals surface area (Å²) < 4.78 is 4.45. The lowest BCUT2D eigenvalue weighted by atomic mass is 10.0. The first-order valence-electron chi connectivity index (χ1n) is 4.05. The molecule has 0 saturated heterocycles. The number of ether oxygens (including phenoxy) is 1. The summed E-state index contributed by atoms with van der Waals surface area (Å²) in [6, 6.07) is 0. The minimum atomic E-state index is -0.836. The molecule has 74 valence electrons. The minimum absolute atomic E-state index is 0.172. The second kappa shape index (κ2) is 4.45. The number of esters is 1. The van der Waals surface area contributed by atoms with E-state index in [1.165, 1.54) is 32.6 Å². The van der Waals surface area contributed by atoms with Crippen LogP contribution in [0.5, 0.6) is 0 Å². The lowest BCUT2D eigenvalue weighted by Crippen LogP contribution is -2.23. The molecule has 5 nitrogen and oxygen atoms in total. The van der Waals surface area contributed by atoms with Crippen molar-refractivity contribution in [3.8, 4) is 0 Å². The Kier molecular flexibility index (Phi) is 3.28. The molecule has 0 spiro atoms. The van der Waals surface area contributed by atoms with Gasteiger partial charge in [0.25, 0.3) is 0 Å². The number of hydrogen-bond acceptors (Lipinski definition) is 5. The van der Waals surface area contributed by atoms with Gasteiger partial charge in [0.1, 0.15) is 11.6 Å². The Morgan fingerprint density at radius 1 is 1.43 bits per heavy atom. The van der Waals surface area contributed by atoms with Crippen LogP contribution in [-0.4, -0.2) is 28.8 Å². The molecule has 14 heavy (non-hydrogen) atoms. The number of ketones is 1. The minimum Gasteiger partial charge on any atom is -0.468 e. The highest BCUT2D eigenvalue weighted by Gasteiger charge is 2.24. The maximum atomic E-state index is 11.5. The fraction of sp³-hybridized carbons (Fsp3) is 0.333. The second-order valence-electron chi connectivity index (χ2n) is 2.70. The van der Waals surface area contributed by atoms with Gasteiger partial charge in [-0.2, -0.15) is 0 Å². The van der Waals surface area contributed by atoms with E-state index in [1.54, 1.807) is 0 Å². The first-order valence-corrected chi connectivity index (χ1v) is 4.05. The van der Waals surface area contributed by atoms with Crippen molar-refractivity contribution in [2.45, 2.75) is 6.92 Å². The third-order valence-electron chi connectivity index (χ3n) is 1.76. The van der Waals surface area contributed by atoms with Crippen LogP contribution in [0.15, 0.2) is 18.6 Å². The van der Waals surface area contributed by atoms with Crippen molar-refractivity contribution in [2.75, 3.05) is 7.11 Å². The van der Waals surface area contributed by atoms with E-state index in [2.05, 4.69) is 14.7 Å². The van der Waals surface area contributed by atoms with Gasteiger partial charge < -0.3 is 4.74 Å². The molecule has 0 saturated carbocycles. The highest BCUT2D eigenvalue weighted by Crippen LogP contribution is 2.06. The van der Waals surface area contributed by atoms with E-state index in [4.69, 9.17) is 0 Å². The van der Waals surface area contributed by atoms with E-state index in [0.29, 0.717) is 0 Å². The molecule has 0 aliphatic rings. The molecule has 0 aromatic carbocycles. The van der Waals surface area contributed by atoms with Crippen molar-refractivity contribution in [1.82, 2.24) is 9.97 Å². The molecule has 1 aromatic heterocycles. The second-order valence-corrected chi connectivity index (χ2v) is 2.70. The van der Waals surface area contributed by atoms with Crippen molar-refractivity contribution >= 4 is 11.8 Å². The maximum absolute atomic E-state index is 11.5. The average Bonchev–Trinajstić information content (AvgIpc) is 2.27. The van der Waals surface area contributed by atoms with Gasteiger partial charge in [-0.25, -0.2) is 4.98 Å². The van der Waals surface area contributed by atoms with E-state index in [9.17, 15) is 9.59 Å². The maximum Gasteiger partial charge on any atom is 0.316 e. The van der Waals surface area contributed by atoms with Gasteiger partial charge in [0.2, 0.25) is 0 Å². The molecule has 0 bridgehead atoms. The number of rotatable bonds is 3. The van der Waals surface area contributed by atoms with Crippen LogP contribution in [0.2, 0.25) is 0 Å². The van der Waals surface area contributed by atoms with E-state index in [0.717, 1.165) is 0 Å². The lowest BCUT2D eigenvalue weighted by Gasteiger charge is -2.06. The van der Waals surface area contributed by atoms with E-state index in [1.807, 2.05) is 0 Å². The van der Waals surface area contributed by atoms with Crippen molar-refractivity contribution in [3.63, 3.8) is 0 Å². The average molecular weight is 194 g/mol. The van der Waals surface area contributed by atoms with Gasteiger partial charge in [-0.15, -0.1) is 0 Å². The molecule has 0 N–H and O–H groups in total. The van der Waals surface area contributed by atoms with Crippen LogP contribution in [0.3, 0.4) is 0 Å². The van der Waals surface area contributed by atoms with Crippen molar-refractivity contribution in [1.29, 1.82) is 0 Å². The molecular weight excluding hydrogens is 184 g/mol. The summed E-state index contributed by atoms with van der Waals surface area (Å²) in [6.07, 6.45) is 4.18. The summed E-state index contributed by atoms with van der Waals surface area (Å²) in [5.74, 6) is -1.79. The molecule has 0 aliphatic carbocycles. The highest BCUT2D eigenvalue weighted by atomic mass is 16.5. The number of methoxy groups -OCH3 is 1. The van der Waals surface area contributed by atoms with Crippen LogP contribution in [0.25, 0.3) is 0 Å². The molecule has 1 unspecified atom stereocenters. The summed E-state index contributed by atoms with van der Waals surface area (Å²) in [7, 11) is 1.24. The number of nitrogens with zero attached hydrogens (tertiary/aromatic N) is 2. The number of Topliss-reactive ketones (excluding diaryl/α,β-unsaturated/α-hetero) is 1. The van der Waals surface area contributed by atoms with Gasteiger partial charge in [0, 0.05) is 12.4 Å². The van der Waals surface area contributed by atoms with Crippen molar-refractivity contribution < 1.29 is 14.3 Å². The van der Waals surface area contributed by atoms with Crippen LogP contribution in [0, 0.1) is 5.92 Å². The standard InChI is InChI=1S/C9H10N2O3/c1-6(9(13)14-2)8(12)7-5-10-3-4-11-7/h3-6H,1-2H3. The number of carbonyl (C=O) groups is 2. The van der Waals surface area contributed by atoms with Crippen LogP contribution in [-0.2, 0) is 9.53 Å². The SMILES string of the molecule is COC(=O)C(C)C(=O)c1cnccn1. The summed E-state index contributed by atoms with van der Waals surface area (Å²) in [6.45, 7) is 1.48. The Labute approximate surface area is 81.1 Å². The number of carbonyl (C=O) groups excluding carboxylic acids is 2. The number of hydrogen-bond donors (Lipinski definition) is 0. The summed E-state index contributed by atoms with van der Waals surface area (Å²) in [5.41, 5.74) is 0.172. The van der Waals surface area contributed by atoms with Crippen LogP contribution in [0.1, 0.15) is 17.4 Å². The Hall–Kier alpha value is -1.78. The summed E-state index contributed by atoms with van der Waals surface area (Å²) in [4.78, 5) is 30.1. The predicted octanol–water partition coefficient (Wildman–Crippen LogP) is 0.468. The van der Waals surface area contributed by atoms with Crippen LogP contribution in [0.4, 0.5) is 0 Å². The Balaban J connectivity index is 2.81. The van der Waals surface area contributed by atoms with Gasteiger partial charge in [-0.1, -0.05) is 0 Å². The normalized spacial score (nSPS) is 11.9. The van der Waals surface area contributed by atoms with E-state index >= 15 is 0 Å².